The molecule has 0 saturated heterocycles. The summed E-state index contributed by atoms with van der Waals surface area (Å²) in [7, 11) is 0. The molecule has 3 heteroatoms. The number of nitrogens with one attached hydrogen (secondary N) is 1. The van der Waals surface area contributed by atoms with Gasteiger partial charge in [0.1, 0.15) is 0 Å². The van der Waals surface area contributed by atoms with Crippen molar-refractivity contribution in [2.75, 3.05) is 5.75 Å². The molecule has 1 atom stereocenters. The Hall–Kier alpha value is -0.510. The predicted molar refractivity (Wildman–Crippen MR) is 79.4 cm³/mol. The Morgan fingerprint density at radius 3 is 2.50 bits per heavy atom. The van der Waals surface area contributed by atoms with Crippen LogP contribution < -0.4 is 11.3 Å². The molecule has 1 aromatic rings. The van der Waals surface area contributed by atoms with E-state index in [4.69, 9.17) is 5.84 Å². The van der Waals surface area contributed by atoms with Crippen LogP contribution in [0.1, 0.15) is 32.6 Å². The smallest absolute Gasteiger partial charge is 0.0332 e. The first-order valence-corrected chi connectivity index (χ1v) is 7.92. The number of nitrogens with two attached hydrogens (primary N) is 1. The normalized spacial score (nSPS) is 25.9. The molecule has 18 heavy (non-hydrogen) atoms. The van der Waals surface area contributed by atoms with Crippen LogP contribution >= 0.6 is 11.8 Å². The minimum atomic E-state index is 0.447. The number of hydrazine groups is 1. The van der Waals surface area contributed by atoms with Crippen molar-refractivity contribution in [2.45, 2.75) is 43.5 Å². The molecule has 1 aromatic carbocycles. The van der Waals surface area contributed by atoms with Gasteiger partial charge in [-0.2, -0.15) is 0 Å². The molecule has 0 spiro atoms. The van der Waals surface area contributed by atoms with Gasteiger partial charge >= 0.3 is 0 Å². The third kappa shape index (κ3) is 4.01. The Labute approximate surface area is 115 Å². The lowest BCUT2D eigenvalue weighted by Crippen LogP contribution is -2.43. The Kier molecular flexibility index (Phi) is 5.54. The summed E-state index contributed by atoms with van der Waals surface area (Å²) in [6.07, 6.45) is 5.37. The van der Waals surface area contributed by atoms with Crippen LogP contribution in [-0.4, -0.2) is 11.8 Å². The van der Waals surface area contributed by atoms with Crippen LogP contribution in [0.3, 0.4) is 0 Å². The van der Waals surface area contributed by atoms with Crippen LogP contribution in [0.15, 0.2) is 35.2 Å². The van der Waals surface area contributed by atoms with Gasteiger partial charge in [-0.05, 0) is 36.8 Å². The molecule has 2 rings (SSSR count). The molecule has 1 aliphatic carbocycles. The average Bonchev–Trinajstić information content (AvgIpc) is 2.42. The highest BCUT2D eigenvalue weighted by Gasteiger charge is 2.25. The van der Waals surface area contributed by atoms with Gasteiger partial charge in [0.15, 0.2) is 0 Å². The van der Waals surface area contributed by atoms with Crippen molar-refractivity contribution >= 4 is 11.8 Å². The van der Waals surface area contributed by atoms with Crippen molar-refractivity contribution in [3.8, 4) is 0 Å². The van der Waals surface area contributed by atoms with Gasteiger partial charge in [0.05, 0.1) is 0 Å². The van der Waals surface area contributed by atoms with Gasteiger partial charge in [-0.25, -0.2) is 0 Å². The number of hydrogen-bond acceptors (Lipinski definition) is 3. The number of hydrogen-bond donors (Lipinski definition) is 2. The van der Waals surface area contributed by atoms with E-state index in [1.54, 1.807) is 0 Å². The Morgan fingerprint density at radius 1 is 1.22 bits per heavy atom. The molecule has 1 aliphatic rings. The van der Waals surface area contributed by atoms with Crippen molar-refractivity contribution in [1.82, 2.24) is 5.43 Å². The Balaban J connectivity index is 1.82. The molecule has 0 heterocycles. The van der Waals surface area contributed by atoms with E-state index in [2.05, 4.69) is 42.7 Å². The Bertz CT molecular complexity index is 334. The second-order valence-electron chi connectivity index (χ2n) is 5.42. The van der Waals surface area contributed by atoms with Crippen molar-refractivity contribution in [3.05, 3.63) is 30.3 Å². The molecular weight excluding hydrogens is 240 g/mol. The maximum atomic E-state index is 5.74. The van der Waals surface area contributed by atoms with Gasteiger partial charge < -0.3 is 0 Å². The molecule has 100 valence electrons. The minimum Gasteiger partial charge on any atom is -0.271 e. The summed E-state index contributed by atoms with van der Waals surface area (Å²) in [5.41, 5.74) is 3.04. The van der Waals surface area contributed by atoms with Crippen LogP contribution in [0.5, 0.6) is 0 Å². The fourth-order valence-electron chi connectivity index (χ4n) is 2.71. The molecule has 1 saturated carbocycles. The van der Waals surface area contributed by atoms with E-state index in [9.17, 15) is 0 Å². The van der Waals surface area contributed by atoms with E-state index in [-0.39, 0.29) is 0 Å². The van der Waals surface area contributed by atoms with E-state index in [1.807, 2.05) is 11.8 Å². The predicted octanol–water partition coefficient (Wildman–Crippen LogP) is 3.44. The van der Waals surface area contributed by atoms with Crippen molar-refractivity contribution in [1.29, 1.82) is 0 Å². The highest BCUT2D eigenvalue weighted by molar-refractivity contribution is 7.99. The van der Waals surface area contributed by atoms with E-state index in [0.717, 1.165) is 17.6 Å². The Morgan fingerprint density at radius 2 is 1.89 bits per heavy atom. The maximum Gasteiger partial charge on any atom is 0.0332 e. The second kappa shape index (κ2) is 7.17. The SMILES string of the molecule is CC1CCC(C(CSc2ccccc2)NN)CC1. The molecule has 2 nitrogen and oxygen atoms in total. The highest BCUT2D eigenvalue weighted by atomic mass is 32.2. The second-order valence-corrected chi connectivity index (χ2v) is 6.51. The third-order valence-corrected chi connectivity index (χ3v) is 5.15. The number of benzene rings is 1. The van der Waals surface area contributed by atoms with Gasteiger partial charge in [-0.15, -0.1) is 11.8 Å². The summed E-state index contributed by atoms with van der Waals surface area (Å²) in [5, 5.41) is 0. The van der Waals surface area contributed by atoms with Gasteiger partial charge in [0.25, 0.3) is 0 Å². The lowest BCUT2D eigenvalue weighted by Gasteiger charge is -2.32. The summed E-state index contributed by atoms with van der Waals surface area (Å²) in [5.74, 6) is 8.46. The highest BCUT2D eigenvalue weighted by Crippen LogP contribution is 2.32. The summed E-state index contributed by atoms with van der Waals surface area (Å²) >= 11 is 1.91. The molecule has 1 unspecified atom stereocenters. The molecule has 0 aromatic heterocycles. The first-order valence-electron chi connectivity index (χ1n) is 6.93. The number of rotatable bonds is 5. The van der Waals surface area contributed by atoms with Crippen LogP contribution in [0.2, 0.25) is 0 Å². The standard InChI is InChI=1S/C15H24N2S/c1-12-7-9-13(10-8-12)15(17-16)11-18-14-5-3-2-4-6-14/h2-6,12-13,15,17H,7-11,16H2,1H3. The van der Waals surface area contributed by atoms with Crippen molar-refractivity contribution in [2.24, 2.45) is 17.7 Å². The zero-order valence-corrected chi connectivity index (χ0v) is 12.0. The fourth-order valence-corrected chi connectivity index (χ4v) is 3.80. The van der Waals surface area contributed by atoms with Crippen molar-refractivity contribution < 1.29 is 0 Å². The summed E-state index contributed by atoms with van der Waals surface area (Å²) in [6, 6.07) is 11.0. The van der Waals surface area contributed by atoms with Crippen LogP contribution in [0.4, 0.5) is 0 Å². The topological polar surface area (TPSA) is 38.0 Å². The van der Waals surface area contributed by atoms with E-state index < -0.39 is 0 Å². The molecule has 0 amide bonds. The lowest BCUT2D eigenvalue weighted by molar-refractivity contribution is 0.243. The van der Waals surface area contributed by atoms with Gasteiger partial charge in [-0.1, -0.05) is 38.0 Å². The van der Waals surface area contributed by atoms with Gasteiger partial charge in [-0.3, -0.25) is 11.3 Å². The van der Waals surface area contributed by atoms with E-state index in [1.165, 1.54) is 30.6 Å². The zero-order valence-electron chi connectivity index (χ0n) is 11.1. The molecule has 0 radical (unpaired) electrons. The van der Waals surface area contributed by atoms with Gasteiger partial charge in [0.2, 0.25) is 0 Å². The molecule has 3 N–H and O–H groups in total. The van der Waals surface area contributed by atoms with E-state index >= 15 is 0 Å². The zero-order chi connectivity index (χ0) is 12.8. The first-order chi connectivity index (χ1) is 8.79. The van der Waals surface area contributed by atoms with Crippen LogP contribution in [0.25, 0.3) is 0 Å². The lowest BCUT2D eigenvalue weighted by atomic mass is 9.80. The average molecular weight is 264 g/mol. The molecule has 0 aliphatic heterocycles. The largest absolute Gasteiger partial charge is 0.271 e. The first kappa shape index (κ1) is 13.9. The van der Waals surface area contributed by atoms with Crippen LogP contribution in [-0.2, 0) is 0 Å². The monoisotopic (exact) mass is 264 g/mol. The van der Waals surface area contributed by atoms with Crippen molar-refractivity contribution in [3.63, 3.8) is 0 Å². The fraction of sp³-hybridized carbons (Fsp3) is 0.600. The van der Waals surface area contributed by atoms with E-state index in [0.29, 0.717) is 6.04 Å². The number of thioether (sulfide) groups is 1. The minimum absolute atomic E-state index is 0.447. The summed E-state index contributed by atoms with van der Waals surface area (Å²) in [6.45, 7) is 2.36. The van der Waals surface area contributed by atoms with Gasteiger partial charge in [0, 0.05) is 16.7 Å². The van der Waals surface area contributed by atoms with Crippen LogP contribution in [0, 0.1) is 11.8 Å². The quantitative estimate of drug-likeness (QED) is 0.486. The summed E-state index contributed by atoms with van der Waals surface area (Å²) in [4.78, 5) is 1.34. The summed E-state index contributed by atoms with van der Waals surface area (Å²) < 4.78 is 0. The molecule has 0 bridgehead atoms. The molecular formula is C15H24N2S. The third-order valence-electron chi connectivity index (χ3n) is 4.02. The molecule has 1 fully saturated rings. The maximum absolute atomic E-state index is 5.74.